The third kappa shape index (κ3) is 5.78. The lowest BCUT2D eigenvalue weighted by Crippen LogP contribution is -2.14. The van der Waals surface area contributed by atoms with Crippen molar-refractivity contribution >= 4 is 23.8 Å². The molecule has 6 heteroatoms. The molecule has 118 valence electrons. The molecule has 0 spiro atoms. The van der Waals surface area contributed by atoms with Crippen molar-refractivity contribution in [2.75, 3.05) is 13.2 Å². The van der Waals surface area contributed by atoms with Gasteiger partial charge in [-0.3, -0.25) is 9.79 Å². The largest absolute Gasteiger partial charge is 0.511 e. The molecule has 1 N–H and O–H groups in total. The topological polar surface area (TPSA) is 85.2 Å². The number of aliphatic hydroxyl groups excluding tert-OH is 1. The zero-order valence-corrected chi connectivity index (χ0v) is 12.6. The monoisotopic (exact) mass is 305 g/mol. The quantitative estimate of drug-likeness (QED) is 0.362. The zero-order chi connectivity index (χ0) is 16.4. The number of ether oxygens (including phenoxy) is 2. The lowest BCUT2D eigenvalue weighted by Gasteiger charge is -2.06. The van der Waals surface area contributed by atoms with Crippen LogP contribution in [0.3, 0.4) is 0 Å². The van der Waals surface area contributed by atoms with Gasteiger partial charge < -0.3 is 14.6 Å². The van der Waals surface area contributed by atoms with Gasteiger partial charge in [0.05, 0.1) is 18.9 Å². The molecule has 1 rings (SSSR count). The Balaban J connectivity index is 2.99. The van der Waals surface area contributed by atoms with Crippen LogP contribution in [0.1, 0.15) is 20.3 Å². The Morgan fingerprint density at radius 2 is 1.77 bits per heavy atom. The molecule has 0 heterocycles. The summed E-state index contributed by atoms with van der Waals surface area (Å²) in [5, 5.41) is 9.97. The van der Waals surface area contributed by atoms with Crippen molar-refractivity contribution < 1.29 is 24.2 Å². The Bertz CT molecular complexity index is 563. The number of carbonyl (C=O) groups excluding carboxylic acids is 2. The number of nitrogens with zero attached hydrogens (tertiary/aromatic N) is 1. The van der Waals surface area contributed by atoms with E-state index in [4.69, 9.17) is 9.47 Å². The highest BCUT2D eigenvalue weighted by molar-refractivity contribution is 6.10. The summed E-state index contributed by atoms with van der Waals surface area (Å²) in [4.78, 5) is 27.3. The Morgan fingerprint density at radius 3 is 2.36 bits per heavy atom. The number of hydrogen-bond acceptors (Lipinski definition) is 6. The van der Waals surface area contributed by atoms with Crippen molar-refractivity contribution in [1.29, 1.82) is 0 Å². The van der Waals surface area contributed by atoms with E-state index in [0.29, 0.717) is 5.69 Å². The molecule has 0 radical (unpaired) electrons. The van der Waals surface area contributed by atoms with Crippen LogP contribution in [0.15, 0.2) is 46.7 Å². The minimum atomic E-state index is -0.746. The fourth-order valence-electron chi connectivity index (χ4n) is 1.55. The molecule has 0 aromatic heterocycles. The molecule has 0 unspecified atom stereocenters. The second-order valence-electron chi connectivity index (χ2n) is 4.16. The van der Waals surface area contributed by atoms with Gasteiger partial charge in [0.2, 0.25) is 0 Å². The number of hydrogen-bond donors (Lipinski definition) is 1. The molecule has 0 saturated carbocycles. The molecule has 0 aliphatic heterocycles. The van der Waals surface area contributed by atoms with Gasteiger partial charge in [-0.15, -0.1) is 0 Å². The maximum absolute atomic E-state index is 11.9. The molecule has 0 bridgehead atoms. The summed E-state index contributed by atoms with van der Waals surface area (Å²) in [7, 11) is 0. The van der Waals surface area contributed by atoms with Crippen LogP contribution in [0, 0.1) is 0 Å². The van der Waals surface area contributed by atoms with Crippen LogP contribution < -0.4 is 0 Å². The first-order valence-electron chi connectivity index (χ1n) is 6.92. The average molecular weight is 305 g/mol. The van der Waals surface area contributed by atoms with E-state index in [1.54, 1.807) is 38.1 Å². The van der Waals surface area contributed by atoms with E-state index in [1.165, 1.54) is 6.21 Å². The molecule has 1 aromatic carbocycles. The smallest absolute Gasteiger partial charge is 0.343 e. The van der Waals surface area contributed by atoms with Crippen LogP contribution in [-0.2, 0) is 19.1 Å². The molecule has 0 aliphatic rings. The summed E-state index contributed by atoms with van der Waals surface area (Å²) < 4.78 is 9.59. The Kier molecular flexibility index (Phi) is 7.39. The van der Waals surface area contributed by atoms with Crippen LogP contribution in [0.5, 0.6) is 0 Å². The first kappa shape index (κ1) is 17.4. The van der Waals surface area contributed by atoms with Gasteiger partial charge in [-0.1, -0.05) is 18.2 Å². The highest BCUT2D eigenvalue weighted by Gasteiger charge is 2.17. The van der Waals surface area contributed by atoms with Gasteiger partial charge in [0.25, 0.3) is 0 Å². The summed E-state index contributed by atoms with van der Waals surface area (Å²) in [5.41, 5.74) is 0.437. The molecule has 0 atom stereocenters. The number of para-hydroxylation sites is 1. The molecule has 0 amide bonds. The number of aliphatic imine (C=N–C) groups is 1. The third-order valence-corrected chi connectivity index (χ3v) is 2.52. The number of carbonyl (C=O) groups is 2. The maximum atomic E-state index is 11.9. The van der Waals surface area contributed by atoms with Gasteiger partial charge >= 0.3 is 11.9 Å². The fourth-order valence-corrected chi connectivity index (χ4v) is 1.55. The summed E-state index contributed by atoms with van der Waals surface area (Å²) in [5.74, 6) is -1.81. The van der Waals surface area contributed by atoms with Crippen molar-refractivity contribution in [3.63, 3.8) is 0 Å². The summed E-state index contributed by atoms with van der Waals surface area (Å²) in [6, 6.07) is 8.89. The van der Waals surface area contributed by atoms with Crippen LogP contribution in [0.2, 0.25) is 0 Å². The predicted molar refractivity (Wildman–Crippen MR) is 82.1 cm³/mol. The first-order chi connectivity index (χ1) is 10.6. The van der Waals surface area contributed by atoms with Crippen molar-refractivity contribution in [2.45, 2.75) is 20.3 Å². The second-order valence-corrected chi connectivity index (χ2v) is 4.16. The molecule has 1 aromatic rings. The number of aliphatic hydroxyl groups is 1. The van der Waals surface area contributed by atoms with E-state index >= 15 is 0 Å². The van der Waals surface area contributed by atoms with Crippen LogP contribution in [-0.4, -0.2) is 36.5 Å². The second kappa shape index (κ2) is 9.33. The van der Waals surface area contributed by atoms with E-state index in [9.17, 15) is 14.7 Å². The van der Waals surface area contributed by atoms with Crippen LogP contribution >= 0.6 is 0 Å². The highest BCUT2D eigenvalue weighted by Crippen LogP contribution is 2.13. The lowest BCUT2D eigenvalue weighted by molar-refractivity contribution is -0.142. The van der Waals surface area contributed by atoms with E-state index < -0.39 is 24.1 Å². The summed E-state index contributed by atoms with van der Waals surface area (Å²) in [6.07, 6.45) is 0.769. The highest BCUT2D eigenvalue weighted by atomic mass is 16.5. The number of benzene rings is 1. The Morgan fingerprint density at radius 1 is 1.14 bits per heavy atom. The van der Waals surface area contributed by atoms with Gasteiger partial charge in [-0.2, -0.15) is 0 Å². The fraction of sp³-hybridized carbons (Fsp3) is 0.312. The Hall–Kier alpha value is -2.63. The van der Waals surface area contributed by atoms with E-state index in [-0.39, 0.29) is 18.8 Å². The first-order valence-corrected chi connectivity index (χ1v) is 6.92. The average Bonchev–Trinajstić information content (AvgIpc) is 2.49. The van der Waals surface area contributed by atoms with Crippen molar-refractivity contribution in [3.05, 3.63) is 41.7 Å². The number of esters is 2. The van der Waals surface area contributed by atoms with Crippen molar-refractivity contribution in [2.24, 2.45) is 4.99 Å². The van der Waals surface area contributed by atoms with Crippen LogP contribution in [0.4, 0.5) is 5.69 Å². The molecule has 22 heavy (non-hydrogen) atoms. The normalized spacial score (nSPS) is 11.9. The standard InChI is InChI=1S/C16H19NO5/c1-3-21-15(19)10-14(18)13(16(20)22-4-2)11-17-12-8-6-5-7-9-12/h5-9,11,18H,3-4,10H2,1-2H3. The zero-order valence-electron chi connectivity index (χ0n) is 12.6. The summed E-state index contributed by atoms with van der Waals surface area (Å²) >= 11 is 0. The predicted octanol–water partition coefficient (Wildman–Crippen LogP) is 2.72. The van der Waals surface area contributed by atoms with E-state index in [1.807, 2.05) is 6.07 Å². The molecular formula is C16H19NO5. The van der Waals surface area contributed by atoms with Gasteiger partial charge in [0.1, 0.15) is 17.8 Å². The van der Waals surface area contributed by atoms with Crippen molar-refractivity contribution in [3.8, 4) is 0 Å². The maximum Gasteiger partial charge on any atom is 0.343 e. The molecule has 0 aliphatic carbocycles. The van der Waals surface area contributed by atoms with Gasteiger partial charge in [0, 0.05) is 6.21 Å². The minimum Gasteiger partial charge on any atom is -0.511 e. The van der Waals surface area contributed by atoms with Gasteiger partial charge in [-0.25, -0.2) is 4.79 Å². The van der Waals surface area contributed by atoms with E-state index in [2.05, 4.69) is 4.99 Å². The molecule has 0 fully saturated rings. The molecule has 0 saturated heterocycles. The number of rotatable bonds is 7. The minimum absolute atomic E-state index is 0.147. The summed E-state index contributed by atoms with van der Waals surface area (Å²) in [6.45, 7) is 3.64. The van der Waals surface area contributed by atoms with Crippen LogP contribution in [0.25, 0.3) is 0 Å². The third-order valence-electron chi connectivity index (χ3n) is 2.52. The van der Waals surface area contributed by atoms with Gasteiger partial charge in [0.15, 0.2) is 0 Å². The Labute approximate surface area is 129 Å². The molecular weight excluding hydrogens is 286 g/mol. The van der Waals surface area contributed by atoms with Gasteiger partial charge in [-0.05, 0) is 26.0 Å². The lowest BCUT2D eigenvalue weighted by atomic mass is 10.2. The molecule has 6 nitrogen and oxygen atoms in total. The van der Waals surface area contributed by atoms with E-state index in [0.717, 1.165) is 0 Å². The van der Waals surface area contributed by atoms with Crippen molar-refractivity contribution in [1.82, 2.24) is 0 Å². The SMILES string of the molecule is CCOC(=O)CC(O)=C(C=Nc1ccccc1)C(=O)OCC.